The fraction of sp³-hybridized carbons (Fsp3) is 0.462. The van der Waals surface area contributed by atoms with Crippen LogP contribution in [-0.4, -0.2) is 54.2 Å². The van der Waals surface area contributed by atoms with Gasteiger partial charge < -0.3 is 14.2 Å². The average molecular weight is 317 g/mol. The summed E-state index contributed by atoms with van der Waals surface area (Å²) >= 11 is 0. The number of carbonyl (C=O) groups is 1. The third-order valence-corrected chi connectivity index (χ3v) is 3.76. The van der Waals surface area contributed by atoms with Crippen LogP contribution in [0.25, 0.3) is 0 Å². The number of hydrogen-bond acceptors (Lipinski definition) is 6. The molecule has 21 heavy (non-hydrogen) atoms. The summed E-state index contributed by atoms with van der Waals surface area (Å²) in [5.74, 6) is -0.823. The molecule has 0 amide bonds. The Hall–Kier alpha value is -1.64. The maximum Gasteiger partial charge on any atom is 0.339 e. The molecule has 0 unspecified atom stereocenters. The molecule has 0 fully saturated rings. The van der Waals surface area contributed by atoms with E-state index >= 15 is 0 Å². The summed E-state index contributed by atoms with van der Waals surface area (Å²) in [5.41, 5.74) is 0.338. The van der Waals surface area contributed by atoms with E-state index in [1.807, 2.05) is 0 Å². The van der Waals surface area contributed by atoms with Crippen molar-refractivity contribution in [1.29, 1.82) is 0 Å². The van der Waals surface area contributed by atoms with Gasteiger partial charge in [-0.25, -0.2) is 13.2 Å². The standard InChI is InChI=1S/C13H19NO6S/c1-18-7-8-20-9-10-21(16,17)14-12-6-4-3-5-11(12)13(15)19-2/h3-6,14H,7-10H2,1-2H3. The number of benzene rings is 1. The van der Waals surface area contributed by atoms with Crippen molar-refractivity contribution in [2.24, 2.45) is 0 Å². The minimum Gasteiger partial charge on any atom is -0.465 e. The second-order valence-electron chi connectivity index (χ2n) is 4.06. The molecule has 0 bridgehead atoms. The van der Waals surface area contributed by atoms with E-state index in [1.165, 1.54) is 26.4 Å². The molecule has 0 atom stereocenters. The maximum absolute atomic E-state index is 11.9. The van der Waals surface area contributed by atoms with Crippen LogP contribution in [-0.2, 0) is 24.2 Å². The summed E-state index contributed by atoms with van der Waals surface area (Å²) in [7, 11) is -0.843. The number of sulfonamides is 1. The van der Waals surface area contributed by atoms with Crippen LogP contribution in [0.1, 0.15) is 10.4 Å². The quantitative estimate of drug-likeness (QED) is 0.537. The van der Waals surface area contributed by atoms with Gasteiger partial charge in [0.15, 0.2) is 0 Å². The molecule has 7 nitrogen and oxygen atoms in total. The van der Waals surface area contributed by atoms with E-state index in [2.05, 4.69) is 9.46 Å². The van der Waals surface area contributed by atoms with Crippen LogP contribution >= 0.6 is 0 Å². The van der Waals surface area contributed by atoms with Gasteiger partial charge in [0.05, 0.1) is 43.9 Å². The van der Waals surface area contributed by atoms with E-state index in [0.717, 1.165) is 0 Å². The van der Waals surface area contributed by atoms with Gasteiger partial charge in [0.25, 0.3) is 0 Å². The van der Waals surface area contributed by atoms with Crippen LogP contribution in [0.5, 0.6) is 0 Å². The van der Waals surface area contributed by atoms with Gasteiger partial charge >= 0.3 is 5.97 Å². The lowest BCUT2D eigenvalue weighted by Gasteiger charge is -2.11. The number of para-hydroxylation sites is 1. The highest BCUT2D eigenvalue weighted by Crippen LogP contribution is 2.17. The molecular formula is C13H19NO6S. The number of ether oxygens (including phenoxy) is 3. The predicted molar refractivity (Wildman–Crippen MR) is 77.9 cm³/mol. The van der Waals surface area contributed by atoms with E-state index < -0.39 is 16.0 Å². The molecule has 0 saturated carbocycles. The van der Waals surface area contributed by atoms with Crippen molar-refractivity contribution in [3.05, 3.63) is 29.8 Å². The summed E-state index contributed by atoms with van der Waals surface area (Å²) in [6, 6.07) is 6.23. The lowest BCUT2D eigenvalue weighted by atomic mass is 10.2. The Balaban J connectivity index is 2.65. The highest BCUT2D eigenvalue weighted by molar-refractivity contribution is 7.92. The van der Waals surface area contributed by atoms with E-state index in [9.17, 15) is 13.2 Å². The molecule has 0 aliphatic rings. The second kappa shape index (κ2) is 8.60. The van der Waals surface area contributed by atoms with Crippen LogP contribution in [0, 0.1) is 0 Å². The topological polar surface area (TPSA) is 90.9 Å². The van der Waals surface area contributed by atoms with Gasteiger partial charge in [0.1, 0.15) is 0 Å². The van der Waals surface area contributed by atoms with Crippen LogP contribution < -0.4 is 4.72 Å². The predicted octanol–water partition coefficient (Wildman–Crippen LogP) is 0.878. The van der Waals surface area contributed by atoms with Crippen molar-refractivity contribution in [1.82, 2.24) is 0 Å². The van der Waals surface area contributed by atoms with Crippen molar-refractivity contribution in [3.63, 3.8) is 0 Å². The van der Waals surface area contributed by atoms with E-state index in [1.54, 1.807) is 12.1 Å². The van der Waals surface area contributed by atoms with Gasteiger partial charge in [0.2, 0.25) is 10.0 Å². The number of hydrogen-bond donors (Lipinski definition) is 1. The lowest BCUT2D eigenvalue weighted by Crippen LogP contribution is -2.22. The SMILES string of the molecule is COCCOCCS(=O)(=O)Nc1ccccc1C(=O)OC. The first-order valence-corrected chi connectivity index (χ1v) is 7.90. The Morgan fingerprint density at radius 2 is 1.86 bits per heavy atom. The molecule has 0 aliphatic carbocycles. The van der Waals surface area contributed by atoms with E-state index in [4.69, 9.17) is 9.47 Å². The third kappa shape index (κ3) is 6.11. The molecule has 1 aromatic carbocycles. The van der Waals surface area contributed by atoms with Crippen molar-refractivity contribution in [2.75, 3.05) is 44.5 Å². The molecule has 0 radical (unpaired) electrons. The minimum absolute atomic E-state index is 0.0408. The zero-order chi connectivity index (χ0) is 15.7. The number of anilines is 1. The average Bonchev–Trinajstić information content (AvgIpc) is 2.46. The van der Waals surface area contributed by atoms with Gasteiger partial charge in [-0.3, -0.25) is 4.72 Å². The molecule has 8 heteroatoms. The monoisotopic (exact) mass is 317 g/mol. The van der Waals surface area contributed by atoms with Crippen molar-refractivity contribution >= 4 is 21.7 Å². The molecule has 118 valence electrons. The molecule has 0 aromatic heterocycles. The number of carbonyl (C=O) groups excluding carboxylic acids is 1. The summed E-state index contributed by atoms with van der Waals surface area (Å²) < 4.78 is 40.7. The molecule has 0 saturated heterocycles. The highest BCUT2D eigenvalue weighted by Gasteiger charge is 2.16. The largest absolute Gasteiger partial charge is 0.465 e. The van der Waals surface area contributed by atoms with Crippen molar-refractivity contribution in [2.45, 2.75) is 0 Å². The van der Waals surface area contributed by atoms with Crippen LogP contribution in [0.3, 0.4) is 0 Å². The fourth-order valence-corrected chi connectivity index (χ4v) is 2.44. The lowest BCUT2D eigenvalue weighted by molar-refractivity contribution is 0.0602. The van der Waals surface area contributed by atoms with E-state index in [0.29, 0.717) is 13.2 Å². The van der Waals surface area contributed by atoms with Gasteiger partial charge in [-0.1, -0.05) is 12.1 Å². The second-order valence-corrected chi connectivity index (χ2v) is 5.91. The van der Waals surface area contributed by atoms with Gasteiger partial charge in [-0.15, -0.1) is 0 Å². The van der Waals surface area contributed by atoms with Crippen LogP contribution in [0.4, 0.5) is 5.69 Å². The fourth-order valence-electron chi connectivity index (χ4n) is 1.49. The zero-order valence-electron chi connectivity index (χ0n) is 12.0. The molecule has 1 rings (SSSR count). The number of methoxy groups -OCH3 is 2. The Morgan fingerprint density at radius 3 is 2.52 bits per heavy atom. The van der Waals surface area contributed by atoms with Crippen LogP contribution in [0.2, 0.25) is 0 Å². The van der Waals surface area contributed by atoms with Gasteiger partial charge in [-0.05, 0) is 12.1 Å². The summed E-state index contributed by atoms with van der Waals surface area (Å²) in [5, 5.41) is 0. The van der Waals surface area contributed by atoms with Crippen molar-refractivity contribution < 1.29 is 27.4 Å². The molecular weight excluding hydrogens is 298 g/mol. The summed E-state index contributed by atoms with van der Waals surface area (Å²) in [6.45, 7) is 0.766. The molecule has 0 aliphatic heterocycles. The van der Waals surface area contributed by atoms with Crippen LogP contribution in [0.15, 0.2) is 24.3 Å². The molecule has 0 heterocycles. The minimum atomic E-state index is -3.61. The molecule has 0 spiro atoms. The Bertz CT molecular complexity index is 558. The third-order valence-electron chi connectivity index (χ3n) is 2.53. The van der Waals surface area contributed by atoms with Gasteiger partial charge in [-0.2, -0.15) is 0 Å². The highest BCUT2D eigenvalue weighted by atomic mass is 32.2. The first-order chi connectivity index (χ1) is 10.00. The van der Waals surface area contributed by atoms with Crippen molar-refractivity contribution in [3.8, 4) is 0 Å². The Labute approximate surface area is 124 Å². The smallest absolute Gasteiger partial charge is 0.339 e. The normalized spacial score (nSPS) is 11.1. The zero-order valence-corrected chi connectivity index (χ0v) is 12.8. The first kappa shape index (κ1) is 17.4. The molecule has 1 N–H and O–H groups in total. The number of esters is 1. The number of nitrogens with one attached hydrogen (secondary N) is 1. The first-order valence-electron chi connectivity index (χ1n) is 6.24. The maximum atomic E-state index is 11.9. The number of rotatable bonds is 9. The Morgan fingerprint density at radius 1 is 1.14 bits per heavy atom. The van der Waals surface area contributed by atoms with Gasteiger partial charge in [0, 0.05) is 7.11 Å². The van der Waals surface area contributed by atoms with E-state index in [-0.39, 0.29) is 23.6 Å². The molecule has 1 aromatic rings. The summed E-state index contributed by atoms with van der Waals surface area (Å²) in [4.78, 5) is 11.6. The summed E-state index contributed by atoms with van der Waals surface area (Å²) in [6.07, 6.45) is 0. The Kier molecular flexibility index (Phi) is 7.13.